The average Bonchev–Trinajstić information content (AvgIpc) is 3.44. The fourth-order valence-corrected chi connectivity index (χ4v) is 4.21. The van der Waals surface area contributed by atoms with Gasteiger partial charge >= 0.3 is 0 Å². The van der Waals surface area contributed by atoms with Crippen LogP contribution < -0.4 is 9.64 Å². The molecule has 28 heavy (non-hydrogen) atoms. The highest BCUT2D eigenvalue weighted by atomic mass is 35.5. The van der Waals surface area contributed by atoms with Gasteiger partial charge in [-0.3, -0.25) is 0 Å². The molecule has 0 spiro atoms. The number of methoxy groups -OCH3 is 1. The van der Waals surface area contributed by atoms with Gasteiger partial charge in [0.15, 0.2) is 5.82 Å². The lowest BCUT2D eigenvalue weighted by Crippen LogP contribution is -2.32. The summed E-state index contributed by atoms with van der Waals surface area (Å²) in [7, 11) is 1.65. The minimum Gasteiger partial charge on any atom is -0.497 e. The fourth-order valence-electron chi connectivity index (χ4n) is 4.03. The molecule has 0 saturated carbocycles. The van der Waals surface area contributed by atoms with Crippen molar-refractivity contribution in [1.29, 1.82) is 0 Å². The van der Waals surface area contributed by atoms with Crippen molar-refractivity contribution < 1.29 is 9.47 Å². The number of ether oxygens (including phenoxy) is 2. The Hall–Kier alpha value is -2.64. The average molecular weight is 398 g/mol. The van der Waals surface area contributed by atoms with Crippen LogP contribution in [0.1, 0.15) is 12.8 Å². The van der Waals surface area contributed by atoms with E-state index in [4.69, 9.17) is 21.1 Å². The molecule has 0 amide bonds. The molecular weight excluding hydrogens is 378 g/mol. The molecule has 4 heterocycles. The Morgan fingerprint density at radius 3 is 2.93 bits per heavy atom. The Morgan fingerprint density at radius 2 is 2.04 bits per heavy atom. The minimum atomic E-state index is 0.216. The number of nitrogens with zero attached hydrogens (tertiary/aromatic N) is 5. The van der Waals surface area contributed by atoms with E-state index in [9.17, 15) is 0 Å². The molecular formula is C20H20ClN5O2. The standard InChI is InChI=1S/C20H20ClN5O2/c1-27-14-4-2-3-13(11-14)15-5-9-26(24-15)19-12-18(22-20(21)23-19)25-8-6-17-16(25)7-10-28-17/h2-5,9,11-12,16-17H,6-8,10H2,1H3/t16-,17-/m1/s1. The number of halogens is 1. The molecule has 2 aliphatic rings. The zero-order chi connectivity index (χ0) is 19.1. The number of aromatic nitrogens is 4. The molecule has 2 aromatic heterocycles. The highest BCUT2D eigenvalue weighted by Gasteiger charge is 2.39. The first-order valence-corrected chi connectivity index (χ1v) is 9.72. The summed E-state index contributed by atoms with van der Waals surface area (Å²) in [6.07, 6.45) is 4.21. The van der Waals surface area contributed by atoms with Crippen molar-refractivity contribution in [2.24, 2.45) is 0 Å². The van der Waals surface area contributed by atoms with Crippen LogP contribution in [-0.4, -0.2) is 52.2 Å². The van der Waals surface area contributed by atoms with E-state index in [1.807, 2.05) is 42.6 Å². The van der Waals surface area contributed by atoms with Crippen LogP contribution in [0.4, 0.5) is 5.82 Å². The van der Waals surface area contributed by atoms with Gasteiger partial charge in [0, 0.05) is 31.0 Å². The normalized spacial score (nSPS) is 21.1. The van der Waals surface area contributed by atoms with E-state index in [1.165, 1.54) is 0 Å². The molecule has 0 N–H and O–H groups in total. The highest BCUT2D eigenvalue weighted by molar-refractivity contribution is 6.28. The Morgan fingerprint density at radius 1 is 1.14 bits per heavy atom. The molecule has 2 saturated heterocycles. The zero-order valence-corrected chi connectivity index (χ0v) is 16.2. The number of hydrogen-bond donors (Lipinski definition) is 0. The highest BCUT2D eigenvalue weighted by Crippen LogP contribution is 2.33. The van der Waals surface area contributed by atoms with Gasteiger partial charge in [-0.1, -0.05) is 12.1 Å². The summed E-state index contributed by atoms with van der Waals surface area (Å²) in [6, 6.07) is 12.1. The van der Waals surface area contributed by atoms with Crippen LogP contribution >= 0.6 is 11.6 Å². The van der Waals surface area contributed by atoms with Crippen LogP contribution in [0.2, 0.25) is 5.28 Å². The molecule has 5 rings (SSSR count). The van der Waals surface area contributed by atoms with Gasteiger partial charge in [0.25, 0.3) is 0 Å². The SMILES string of the molecule is COc1cccc(-c2ccn(-c3cc(N4CC[C@H]5OCC[C@H]54)nc(Cl)n3)n2)c1. The van der Waals surface area contributed by atoms with Crippen molar-refractivity contribution >= 4 is 17.4 Å². The molecule has 144 valence electrons. The molecule has 1 aromatic carbocycles. The molecule has 8 heteroatoms. The quantitative estimate of drug-likeness (QED) is 0.629. The van der Waals surface area contributed by atoms with Crippen LogP contribution in [0, 0.1) is 0 Å². The first-order valence-electron chi connectivity index (χ1n) is 9.34. The van der Waals surface area contributed by atoms with Gasteiger partial charge in [-0.15, -0.1) is 0 Å². The summed E-state index contributed by atoms with van der Waals surface area (Å²) in [6.45, 7) is 1.72. The summed E-state index contributed by atoms with van der Waals surface area (Å²) in [4.78, 5) is 11.1. The number of anilines is 1. The van der Waals surface area contributed by atoms with Crippen molar-refractivity contribution in [3.63, 3.8) is 0 Å². The van der Waals surface area contributed by atoms with Crippen molar-refractivity contribution in [2.75, 3.05) is 25.2 Å². The van der Waals surface area contributed by atoms with E-state index in [2.05, 4.69) is 20.0 Å². The van der Waals surface area contributed by atoms with Crippen LogP contribution in [0.5, 0.6) is 5.75 Å². The third-order valence-corrected chi connectivity index (χ3v) is 5.55. The van der Waals surface area contributed by atoms with Gasteiger partial charge in [-0.25, -0.2) is 9.67 Å². The van der Waals surface area contributed by atoms with Crippen molar-refractivity contribution in [3.8, 4) is 22.8 Å². The molecule has 3 aromatic rings. The number of hydrogen-bond acceptors (Lipinski definition) is 6. The van der Waals surface area contributed by atoms with Crippen LogP contribution in [-0.2, 0) is 4.74 Å². The maximum absolute atomic E-state index is 6.25. The Balaban J connectivity index is 1.47. The molecule has 2 aliphatic heterocycles. The lowest BCUT2D eigenvalue weighted by atomic mass is 10.1. The first kappa shape index (κ1) is 17.5. The summed E-state index contributed by atoms with van der Waals surface area (Å²) in [5, 5.41) is 4.89. The van der Waals surface area contributed by atoms with Gasteiger partial charge in [0.05, 0.1) is 24.9 Å². The second-order valence-corrected chi connectivity index (χ2v) is 7.32. The smallest absolute Gasteiger partial charge is 0.226 e. The minimum absolute atomic E-state index is 0.216. The van der Waals surface area contributed by atoms with E-state index in [0.717, 1.165) is 48.8 Å². The van der Waals surface area contributed by atoms with Gasteiger partial charge in [0.1, 0.15) is 11.6 Å². The molecule has 2 atom stereocenters. The first-order chi connectivity index (χ1) is 13.7. The molecule has 0 bridgehead atoms. The van der Waals surface area contributed by atoms with Gasteiger partial charge in [-0.05, 0) is 42.6 Å². The number of rotatable bonds is 4. The number of benzene rings is 1. The molecule has 0 radical (unpaired) electrons. The zero-order valence-electron chi connectivity index (χ0n) is 15.5. The van der Waals surface area contributed by atoms with Gasteiger partial charge < -0.3 is 14.4 Å². The van der Waals surface area contributed by atoms with E-state index < -0.39 is 0 Å². The predicted octanol–water partition coefficient (Wildman–Crippen LogP) is 3.36. The van der Waals surface area contributed by atoms with E-state index in [1.54, 1.807) is 11.8 Å². The maximum atomic E-state index is 6.25. The van der Waals surface area contributed by atoms with Crippen LogP contribution in [0.3, 0.4) is 0 Å². The van der Waals surface area contributed by atoms with Crippen molar-refractivity contribution in [3.05, 3.63) is 47.9 Å². The third-order valence-electron chi connectivity index (χ3n) is 5.38. The molecule has 2 fully saturated rings. The predicted molar refractivity (Wildman–Crippen MR) is 106 cm³/mol. The Labute approximate surface area is 167 Å². The lowest BCUT2D eigenvalue weighted by molar-refractivity contribution is 0.113. The largest absolute Gasteiger partial charge is 0.497 e. The lowest BCUT2D eigenvalue weighted by Gasteiger charge is -2.24. The second kappa shape index (κ2) is 7.07. The van der Waals surface area contributed by atoms with Crippen LogP contribution in [0.25, 0.3) is 17.1 Å². The summed E-state index contributed by atoms with van der Waals surface area (Å²) in [5.74, 6) is 2.26. The van der Waals surface area contributed by atoms with E-state index >= 15 is 0 Å². The summed E-state index contributed by atoms with van der Waals surface area (Å²) < 4.78 is 12.8. The Bertz CT molecular complexity index is 1010. The Kier molecular flexibility index (Phi) is 4.41. The third kappa shape index (κ3) is 3.10. The second-order valence-electron chi connectivity index (χ2n) is 6.98. The fraction of sp³-hybridized carbons (Fsp3) is 0.350. The summed E-state index contributed by atoms with van der Waals surface area (Å²) >= 11 is 6.25. The molecule has 0 unspecified atom stereocenters. The van der Waals surface area contributed by atoms with E-state index in [-0.39, 0.29) is 5.28 Å². The van der Waals surface area contributed by atoms with Gasteiger partial charge in [-0.2, -0.15) is 10.1 Å². The topological polar surface area (TPSA) is 65.3 Å². The molecule has 0 aliphatic carbocycles. The van der Waals surface area contributed by atoms with Crippen LogP contribution in [0.15, 0.2) is 42.6 Å². The van der Waals surface area contributed by atoms with Gasteiger partial charge in [0.2, 0.25) is 5.28 Å². The van der Waals surface area contributed by atoms with Crippen molar-refractivity contribution in [2.45, 2.75) is 25.0 Å². The summed E-state index contributed by atoms with van der Waals surface area (Å²) in [5.41, 5.74) is 1.81. The van der Waals surface area contributed by atoms with E-state index in [0.29, 0.717) is 18.0 Å². The molecule has 7 nitrogen and oxygen atoms in total. The monoisotopic (exact) mass is 397 g/mol. The maximum Gasteiger partial charge on any atom is 0.226 e. The van der Waals surface area contributed by atoms with Crippen molar-refractivity contribution in [1.82, 2.24) is 19.7 Å². The number of fused-ring (bicyclic) bond motifs is 1.